The minimum atomic E-state index is -4.55. The second kappa shape index (κ2) is 5.45. The molecule has 0 spiro atoms. The predicted molar refractivity (Wildman–Crippen MR) is 51.2 cm³/mol. The third-order valence-corrected chi connectivity index (χ3v) is 1.82. The summed E-state index contributed by atoms with van der Waals surface area (Å²) in [5, 5.41) is 0. The number of rotatable bonds is 2. The van der Waals surface area contributed by atoms with Crippen LogP contribution in [0.3, 0.4) is 0 Å². The Morgan fingerprint density at radius 1 is 1.12 bits per heavy atom. The van der Waals surface area contributed by atoms with Crippen LogP contribution in [0, 0.1) is 11.6 Å². The van der Waals surface area contributed by atoms with Crippen LogP contribution in [0.25, 0.3) is 0 Å². The quantitative estimate of drug-likeness (QED) is 0.812. The van der Waals surface area contributed by atoms with Crippen molar-refractivity contribution in [2.75, 3.05) is 0 Å². The summed E-state index contributed by atoms with van der Waals surface area (Å²) in [5.41, 5.74) is 4.36. The predicted octanol–water partition coefficient (Wildman–Crippen LogP) is 3.34. The van der Waals surface area contributed by atoms with Gasteiger partial charge in [0.25, 0.3) is 0 Å². The lowest BCUT2D eigenvalue weighted by Gasteiger charge is -2.15. The van der Waals surface area contributed by atoms with Gasteiger partial charge in [-0.15, -0.1) is 12.4 Å². The molecule has 0 saturated carbocycles. The summed E-state index contributed by atoms with van der Waals surface area (Å²) >= 11 is 0. The minimum Gasteiger partial charge on any atom is -0.323 e. The van der Waals surface area contributed by atoms with Crippen molar-refractivity contribution in [1.29, 1.82) is 0 Å². The summed E-state index contributed by atoms with van der Waals surface area (Å²) < 4.78 is 61.8. The molecular weight excluding hydrogens is 253 g/mol. The smallest absolute Gasteiger partial charge is 0.323 e. The zero-order valence-electron chi connectivity index (χ0n) is 7.89. The first-order valence-corrected chi connectivity index (χ1v) is 4.07. The molecule has 0 radical (unpaired) electrons. The second-order valence-corrected chi connectivity index (χ2v) is 3.06. The maximum Gasteiger partial charge on any atom is 0.390 e. The highest BCUT2D eigenvalue weighted by Gasteiger charge is 2.32. The fraction of sp³-hybridized carbons (Fsp3) is 0.333. The zero-order chi connectivity index (χ0) is 11.6. The normalized spacial score (nSPS) is 13.1. The Morgan fingerprint density at radius 2 is 1.56 bits per heavy atom. The fourth-order valence-electron chi connectivity index (χ4n) is 1.22. The molecule has 16 heavy (non-hydrogen) atoms. The van der Waals surface area contributed by atoms with Crippen molar-refractivity contribution in [3.63, 3.8) is 0 Å². The van der Waals surface area contributed by atoms with E-state index < -0.39 is 35.8 Å². The molecule has 0 aliphatic heterocycles. The summed E-state index contributed by atoms with van der Waals surface area (Å²) in [6.07, 6.45) is -6.00. The molecule has 0 aromatic heterocycles. The van der Waals surface area contributed by atoms with Gasteiger partial charge in [0.15, 0.2) is 0 Å². The molecule has 1 aromatic carbocycles. The van der Waals surface area contributed by atoms with Crippen molar-refractivity contribution in [2.45, 2.75) is 18.6 Å². The van der Waals surface area contributed by atoms with Crippen LogP contribution >= 0.6 is 12.4 Å². The first-order valence-electron chi connectivity index (χ1n) is 4.07. The Labute approximate surface area is 94.8 Å². The van der Waals surface area contributed by atoms with Crippen LogP contribution in [-0.4, -0.2) is 6.18 Å². The summed E-state index contributed by atoms with van der Waals surface area (Å²) in [6.45, 7) is 0. The van der Waals surface area contributed by atoms with Crippen LogP contribution < -0.4 is 5.73 Å². The number of hydrogen-bond donors (Lipinski definition) is 1. The van der Waals surface area contributed by atoms with Crippen molar-refractivity contribution in [2.24, 2.45) is 5.73 Å². The third kappa shape index (κ3) is 3.94. The Kier molecular flexibility index (Phi) is 5.15. The van der Waals surface area contributed by atoms with E-state index in [1.807, 2.05) is 0 Å². The van der Waals surface area contributed by atoms with Crippen LogP contribution in [-0.2, 0) is 0 Å². The Hall–Kier alpha value is -0.880. The summed E-state index contributed by atoms with van der Waals surface area (Å²) in [4.78, 5) is 0. The van der Waals surface area contributed by atoms with Crippen LogP contribution in [0.2, 0.25) is 0 Å². The van der Waals surface area contributed by atoms with Crippen molar-refractivity contribution >= 4 is 12.4 Å². The molecule has 2 N–H and O–H groups in total. The number of hydrogen-bond acceptors (Lipinski definition) is 1. The molecule has 0 heterocycles. The lowest BCUT2D eigenvalue weighted by atomic mass is 10.0. The van der Waals surface area contributed by atoms with E-state index in [9.17, 15) is 22.0 Å². The van der Waals surface area contributed by atoms with E-state index in [0.29, 0.717) is 0 Å². The van der Waals surface area contributed by atoms with Crippen molar-refractivity contribution in [3.8, 4) is 0 Å². The van der Waals surface area contributed by atoms with E-state index in [4.69, 9.17) is 5.73 Å². The van der Waals surface area contributed by atoms with E-state index in [2.05, 4.69) is 0 Å². The maximum atomic E-state index is 13.0. The standard InChI is InChI=1S/C9H8F5N.ClH/c10-5-2-1-3-6(11)8(5)7(15)4-9(12,13)14;/h1-3,7H,4,15H2;1H/t7-;/m1./s1. The number of benzene rings is 1. The first kappa shape index (κ1) is 15.1. The van der Waals surface area contributed by atoms with Gasteiger partial charge < -0.3 is 5.73 Å². The van der Waals surface area contributed by atoms with Gasteiger partial charge >= 0.3 is 6.18 Å². The Balaban J connectivity index is 0.00000225. The van der Waals surface area contributed by atoms with Gasteiger partial charge in [-0.25, -0.2) is 8.78 Å². The van der Waals surface area contributed by atoms with Crippen LogP contribution in [0.1, 0.15) is 18.0 Å². The molecule has 1 aromatic rings. The van der Waals surface area contributed by atoms with Crippen molar-refractivity contribution in [1.82, 2.24) is 0 Å². The minimum absolute atomic E-state index is 0. The lowest BCUT2D eigenvalue weighted by molar-refractivity contribution is -0.138. The largest absolute Gasteiger partial charge is 0.390 e. The Morgan fingerprint density at radius 3 is 1.94 bits per heavy atom. The SMILES string of the molecule is Cl.N[C@H](CC(F)(F)F)c1c(F)cccc1F. The van der Waals surface area contributed by atoms with Gasteiger partial charge in [-0.3, -0.25) is 0 Å². The number of halogens is 6. The van der Waals surface area contributed by atoms with Gasteiger partial charge in [-0.2, -0.15) is 13.2 Å². The topological polar surface area (TPSA) is 26.0 Å². The molecule has 0 unspecified atom stereocenters. The average molecular weight is 262 g/mol. The lowest BCUT2D eigenvalue weighted by Crippen LogP contribution is -2.22. The third-order valence-electron chi connectivity index (χ3n) is 1.82. The summed E-state index contributed by atoms with van der Waals surface area (Å²) in [5.74, 6) is -2.13. The van der Waals surface area contributed by atoms with Gasteiger partial charge in [-0.1, -0.05) is 6.07 Å². The second-order valence-electron chi connectivity index (χ2n) is 3.06. The fourth-order valence-corrected chi connectivity index (χ4v) is 1.22. The summed E-state index contributed by atoms with van der Waals surface area (Å²) in [7, 11) is 0. The van der Waals surface area contributed by atoms with E-state index in [0.717, 1.165) is 18.2 Å². The molecule has 1 rings (SSSR count). The van der Waals surface area contributed by atoms with Gasteiger partial charge in [0.05, 0.1) is 6.42 Å². The van der Waals surface area contributed by atoms with Gasteiger partial charge in [0.2, 0.25) is 0 Å². The molecule has 92 valence electrons. The first-order chi connectivity index (χ1) is 6.81. The Bertz CT molecular complexity index is 332. The molecular formula is C9H9ClF5N. The van der Waals surface area contributed by atoms with E-state index in [1.165, 1.54) is 0 Å². The summed E-state index contributed by atoms with van der Waals surface area (Å²) in [6, 6.07) is 1.09. The molecule has 0 aliphatic carbocycles. The molecule has 1 atom stereocenters. The van der Waals surface area contributed by atoms with E-state index in [1.54, 1.807) is 0 Å². The van der Waals surface area contributed by atoms with Gasteiger partial charge in [0, 0.05) is 11.6 Å². The number of nitrogens with two attached hydrogens (primary N) is 1. The zero-order valence-corrected chi connectivity index (χ0v) is 8.71. The molecule has 0 saturated heterocycles. The van der Waals surface area contributed by atoms with Gasteiger partial charge in [-0.05, 0) is 12.1 Å². The van der Waals surface area contributed by atoms with Crippen LogP contribution in [0.5, 0.6) is 0 Å². The van der Waals surface area contributed by atoms with E-state index in [-0.39, 0.29) is 12.4 Å². The van der Waals surface area contributed by atoms with Crippen molar-refractivity contribution in [3.05, 3.63) is 35.4 Å². The van der Waals surface area contributed by atoms with E-state index >= 15 is 0 Å². The maximum absolute atomic E-state index is 13.0. The molecule has 7 heteroatoms. The molecule has 0 amide bonds. The highest BCUT2D eigenvalue weighted by atomic mass is 35.5. The highest BCUT2D eigenvalue weighted by Crippen LogP contribution is 2.30. The average Bonchev–Trinajstić information content (AvgIpc) is 1.99. The highest BCUT2D eigenvalue weighted by molar-refractivity contribution is 5.85. The molecule has 0 fully saturated rings. The van der Waals surface area contributed by atoms with Crippen LogP contribution in [0.4, 0.5) is 22.0 Å². The van der Waals surface area contributed by atoms with Gasteiger partial charge in [0.1, 0.15) is 11.6 Å². The monoisotopic (exact) mass is 261 g/mol. The number of alkyl halides is 3. The molecule has 1 nitrogen and oxygen atoms in total. The molecule has 0 aliphatic rings. The van der Waals surface area contributed by atoms with Crippen molar-refractivity contribution < 1.29 is 22.0 Å². The molecule has 0 bridgehead atoms. The van der Waals surface area contributed by atoms with Crippen LogP contribution in [0.15, 0.2) is 18.2 Å².